The minimum atomic E-state index is -0.985. The van der Waals surface area contributed by atoms with Crippen molar-refractivity contribution in [2.24, 2.45) is 11.8 Å². The van der Waals surface area contributed by atoms with Crippen molar-refractivity contribution < 1.29 is 14.7 Å². The summed E-state index contributed by atoms with van der Waals surface area (Å²) in [6, 6.07) is 5.53. The highest BCUT2D eigenvalue weighted by molar-refractivity contribution is 5.94. The fourth-order valence-electron chi connectivity index (χ4n) is 2.81. The Hall–Kier alpha value is -2.10. The number of carbonyl (C=O) groups excluding carboxylic acids is 1. The maximum Gasteiger partial charge on any atom is 0.328 e. The zero-order valence-electron chi connectivity index (χ0n) is 12.4. The van der Waals surface area contributed by atoms with E-state index in [1.165, 1.54) is 6.08 Å². The average molecular weight is 287 g/mol. The Bertz CT molecular complexity index is 577. The van der Waals surface area contributed by atoms with Crippen LogP contribution < -0.4 is 5.32 Å². The molecule has 0 bridgehead atoms. The van der Waals surface area contributed by atoms with E-state index in [9.17, 15) is 9.59 Å². The monoisotopic (exact) mass is 287 g/mol. The first-order valence-corrected chi connectivity index (χ1v) is 7.30. The number of benzene rings is 1. The Morgan fingerprint density at radius 3 is 2.71 bits per heavy atom. The molecule has 21 heavy (non-hydrogen) atoms. The topological polar surface area (TPSA) is 66.4 Å². The van der Waals surface area contributed by atoms with Gasteiger partial charge in [-0.15, -0.1) is 0 Å². The van der Waals surface area contributed by atoms with Crippen molar-refractivity contribution in [1.29, 1.82) is 0 Å². The van der Waals surface area contributed by atoms with Crippen LogP contribution in [0.1, 0.15) is 37.3 Å². The molecule has 1 aromatic carbocycles. The molecule has 2 unspecified atom stereocenters. The lowest BCUT2D eigenvalue weighted by Crippen LogP contribution is -2.24. The molecule has 0 radical (unpaired) electrons. The summed E-state index contributed by atoms with van der Waals surface area (Å²) in [5.74, 6) is -0.397. The Morgan fingerprint density at radius 1 is 1.33 bits per heavy atom. The summed E-state index contributed by atoms with van der Waals surface area (Å²) in [7, 11) is 0. The van der Waals surface area contributed by atoms with Crippen LogP contribution in [0.25, 0.3) is 6.08 Å². The minimum absolute atomic E-state index is 0.0717. The number of amides is 1. The van der Waals surface area contributed by atoms with Crippen LogP contribution in [-0.2, 0) is 9.59 Å². The largest absolute Gasteiger partial charge is 0.478 e. The van der Waals surface area contributed by atoms with Gasteiger partial charge in [-0.05, 0) is 49.0 Å². The van der Waals surface area contributed by atoms with Crippen molar-refractivity contribution in [2.45, 2.75) is 33.1 Å². The first-order valence-electron chi connectivity index (χ1n) is 7.30. The van der Waals surface area contributed by atoms with E-state index in [0.29, 0.717) is 5.92 Å². The van der Waals surface area contributed by atoms with Crippen LogP contribution in [0.4, 0.5) is 5.69 Å². The van der Waals surface area contributed by atoms with Crippen molar-refractivity contribution >= 4 is 23.6 Å². The molecule has 0 heterocycles. The molecular weight excluding hydrogens is 266 g/mol. The molecule has 2 N–H and O–H groups in total. The molecule has 2 atom stereocenters. The zero-order valence-corrected chi connectivity index (χ0v) is 12.4. The quantitative estimate of drug-likeness (QED) is 0.833. The van der Waals surface area contributed by atoms with E-state index in [2.05, 4.69) is 12.2 Å². The van der Waals surface area contributed by atoms with Gasteiger partial charge < -0.3 is 10.4 Å². The second-order valence-corrected chi connectivity index (χ2v) is 5.75. The number of hydrogen-bond donors (Lipinski definition) is 2. The van der Waals surface area contributed by atoms with Gasteiger partial charge in [0.25, 0.3) is 0 Å². The molecule has 1 aliphatic rings. The number of rotatable bonds is 4. The van der Waals surface area contributed by atoms with Crippen molar-refractivity contribution in [2.75, 3.05) is 5.32 Å². The molecule has 0 spiro atoms. The summed E-state index contributed by atoms with van der Waals surface area (Å²) >= 11 is 0. The standard InChI is InChI=1S/C17H21NO3/c1-11-4-3-5-14(11)17(21)18-15-10-13(7-6-12(15)2)8-9-16(19)20/h6-11,14H,3-5H2,1-2H3,(H,18,21)(H,19,20)/b9-8+. The lowest BCUT2D eigenvalue weighted by Gasteiger charge is -2.16. The van der Waals surface area contributed by atoms with Crippen molar-refractivity contribution in [1.82, 2.24) is 0 Å². The fraction of sp³-hybridized carbons (Fsp3) is 0.412. The smallest absolute Gasteiger partial charge is 0.328 e. The summed E-state index contributed by atoms with van der Waals surface area (Å²) in [4.78, 5) is 22.9. The molecule has 4 heteroatoms. The number of carbonyl (C=O) groups is 2. The Kier molecular flexibility index (Phi) is 4.78. The van der Waals surface area contributed by atoms with E-state index in [1.54, 1.807) is 0 Å². The maximum absolute atomic E-state index is 12.3. The SMILES string of the molecule is Cc1ccc(/C=C/C(=O)O)cc1NC(=O)C1CCCC1C. The van der Waals surface area contributed by atoms with Gasteiger partial charge in [-0.25, -0.2) is 4.79 Å². The van der Waals surface area contributed by atoms with Gasteiger partial charge in [0.1, 0.15) is 0 Å². The molecule has 1 saturated carbocycles. The lowest BCUT2D eigenvalue weighted by atomic mass is 9.97. The Labute approximate surface area is 124 Å². The molecule has 1 amide bonds. The average Bonchev–Trinajstić information content (AvgIpc) is 2.86. The third-order valence-electron chi connectivity index (χ3n) is 4.14. The third kappa shape index (κ3) is 3.94. The summed E-state index contributed by atoms with van der Waals surface area (Å²) in [6.45, 7) is 4.05. The number of hydrogen-bond acceptors (Lipinski definition) is 2. The van der Waals surface area contributed by atoms with Crippen LogP contribution in [0.2, 0.25) is 0 Å². The predicted molar refractivity (Wildman–Crippen MR) is 83.0 cm³/mol. The van der Waals surface area contributed by atoms with Crippen LogP contribution in [-0.4, -0.2) is 17.0 Å². The van der Waals surface area contributed by atoms with Gasteiger partial charge in [0.15, 0.2) is 0 Å². The van der Waals surface area contributed by atoms with Gasteiger partial charge in [0, 0.05) is 17.7 Å². The Balaban J connectivity index is 2.13. The minimum Gasteiger partial charge on any atom is -0.478 e. The second-order valence-electron chi connectivity index (χ2n) is 5.75. The van der Waals surface area contributed by atoms with Gasteiger partial charge in [-0.3, -0.25) is 4.79 Å². The number of carboxylic acids is 1. The molecule has 4 nitrogen and oxygen atoms in total. The van der Waals surface area contributed by atoms with E-state index in [-0.39, 0.29) is 11.8 Å². The van der Waals surface area contributed by atoms with Crippen LogP contribution in [0.15, 0.2) is 24.3 Å². The van der Waals surface area contributed by atoms with Gasteiger partial charge >= 0.3 is 5.97 Å². The fourth-order valence-corrected chi connectivity index (χ4v) is 2.81. The summed E-state index contributed by atoms with van der Waals surface area (Å²) in [6.07, 6.45) is 5.79. The van der Waals surface area contributed by atoms with E-state index in [0.717, 1.165) is 42.2 Å². The van der Waals surface area contributed by atoms with Crippen LogP contribution in [0.3, 0.4) is 0 Å². The highest BCUT2D eigenvalue weighted by Crippen LogP contribution is 2.32. The first-order chi connectivity index (χ1) is 9.97. The van der Waals surface area contributed by atoms with E-state index in [4.69, 9.17) is 5.11 Å². The molecule has 112 valence electrons. The lowest BCUT2D eigenvalue weighted by molar-refractivity contribution is -0.131. The van der Waals surface area contributed by atoms with Crippen molar-refractivity contribution in [3.8, 4) is 0 Å². The molecule has 0 aliphatic heterocycles. The first kappa shape index (κ1) is 15.3. The van der Waals surface area contributed by atoms with Crippen LogP contribution in [0, 0.1) is 18.8 Å². The van der Waals surface area contributed by atoms with Crippen LogP contribution >= 0.6 is 0 Å². The van der Waals surface area contributed by atoms with Crippen LogP contribution in [0.5, 0.6) is 0 Å². The highest BCUT2D eigenvalue weighted by atomic mass is 16.4. The highest BCUT2D eigenvalue weighted by Gasteiger charge is 2.29. The molecule has 1 aromatic rings. The molecule has 0 aromatic heterocycles. The van der Waals surface area contributed by atoms with Crippen molar-refractivity contribution in [3.63, 3.8) is 0 Å². The summed E-state index contributed by atoms with van der Waals surface area (Å²) in [5.41, 5.74) is 2.49. The van der Waals surface area contributed by atoms with Gasteiger partial charge in [-0.1, -0.05) is 25.5 Å². The molecule has 2 rings (SSSR count). The van der Waals surface area contributed by atoms with E-state index >= 15 is 0 Å². The predicted octanol–water partition coefficient (Wildman–Crippen LogP) is 3.47. The third-order valence-corrected chi connectivity index (χ3v) is 4.14. The summed E-state index contributed by atoms with van der Waals surface area (Å²) in [5, 5.41) is 11.7. The number of anilines is 1. The van der Waals surface area contributed by atoms with Gasteiger partial charge in [0.05, 0.1) is 0 Å². The maximum atomic E-state index is 12.3. The number of nitrogens with one attached hydrogen (secondary N) is 1. The molecule has 0 saturated heterocycles. The molecular formula is C17H21NO3. The zero-order chi connectivity index (χ0) is 15.4. The van der Waals surface area contributed by atoms with Gasteiger partial charge in [-0.2, -0.15) is 0 Å². The second kappa shape index (κ2) is 6.57. The number of carboxylic acid groups (broad SMARTS) is 1. The van der Waals surface area contributed by atoms with E-state index in [1.807, 2.05) is 25.1 Å². The van der Waals surface area contributed by atoms with E-state index < -0.39 is 5.97 Å². The van der Waals surface area contributed by atoms with Gasteiger partial charge in [0.2, 0.25) is 5.91 Å². The molecule has 1 aliphatic carbocycles. The summed E-state index contributed by atoms with van der Waals surface area (Å²) < 4.78 is 0. The van der Waals surface area contributed by atoms with Crippen molar-refractivity contribution in [3.05, 3.63) is 35.4 Å². The normalized spacial score (nSPS) is 21.6. The number of aliphatic carboxylic acids is 1. The Morgan fingerprint density at radius 2 is 2.10 bits per heavy atom. The molecule has 1 fully saturated rings. The number of aryl methyl sites for hydroxylation is 1.